The fraction of sp³-hybridized carbons (Fsp3) is 0.400. The smallest absolute Gasteiger partial charge is 0.131 e. The number of aliphatic hydroxyl groups is 1. The van der Waals surface area contributed by atoms with Gasteiger partial charge in [-0.25, -0.2) is 8.78 Å². The number of benzene rings is 2. The van der Waals surface area contributed by atoms with E-state index in [-0.39, 0.29) is 24.9 Å². The molecule has 0 bridgehead atoms. The molecule has 3 N–H and O–H groups in total. The van der Waals surface area contributed by atoms with E-state index < -0.39 is 23.1 Å². The van der Waals surface area contributed by atoms with Crippen LogP contribution in [-0.4, -0.2) is 31.0 Å². The molecule has 0 unspecified atom stereocenters. The topological polar surface area (TPSA) is 64.7 Å². The molecule has 3 atom stereocenters. The van der Waals surface area contributed by atoms with Crippen LogP contribution >= 0.6 is 0 Å². The van der Waals surface area contributed by atoms with Gasteiger partial charge in [-0.1, -0.05) is 36.4 Å². The molecule has 0 aromatic heterocycles. The summed E-state index contributed by atoms with van der Waals surface area (Å²) in [4.78, 5) is 0. The van der Waals surface area contributed by atoms with E-state index in [0.717, 1.165) is 17.7 Å². The van der Waals surface area contributed by atoms with Crippen molar-refractivity contribution >= 4 is 0 Å². The largest absolute Gasteiger partial charge is 0.396 e. The Morgan fingerprint density at radius 2 is 1.96 bits per heavy atom. The normalized spacial score (nSPS) is 26.0. The van der Waals surface area contributed by atoms with Crippen molar-refractivity contribution < 1.29 is 23.4 Å². The van der Waals surface area contributed by atoms with Gasteiger partial charge < -0.3 is 20.3 Å². The van der Waals surface area contributed by atoms with Crippen LogP contribution in [0.5, 0.6) is 0 Å². The lowest BCUT2D eigenvalue weighted by Crippen LogP contribution is -2.55. The number of halogens is 2. The molecule has 1 heterocycles. The molecule has 26 heavy (non-hydrogen) atoms. The molecule has 1 fully saturated rings. The van der Waals surface area contributed by atoms with Crippen LogP contribution in [0.1, 0.15) is 17.5 Å². The van der Waals surface area contributed by atoms with E-state index in [9.17, 15) is 13.9 Å². The van der Waals surface area contributed by atoms with Crippen LogP contribution in [0.25, 0.3) is 0 Å². The minimum Gasteiger partial charge on any atom is -0.396 e. The summed E-state index contributed by atoms with van der Waals surface area (Å²) >= 11 is 0. The number of hydrogen-bond acceptors (Lipinski definition) is 4. The molecule has 0 radical (unpaired) electrons. The van der Waals surface area contributed by atoms with E-state index in [1.54, 1.807) is 0 Å². The molecule has 2 aromatic carbocycles. The molecule has 0 amide bonds. The van der Waals surface area contributed by atoms with E-state index in [4.69, 9.17) is 15.2 Å². The van der Waals surface area contributed by atoms with Gasteiger partial charge in [0.05, 0.1) is 31.5 Å². The number of rotatable bonds is 6. The molecule has 1 saturated heterocycles. The maximum Gasteiger partial charge on any atom is 0.131 e. The molecule has 2 aromatic rings. The lowest BCUT2D eigenvalue weighted by atomic mass is 9.75. The Balaban J connectivity index is 1.63. The first-order valence-electron chi connectivity index (χ1n) is 8.61. The van der Waals surface area contributed by atoms with E-state index in [1.165, 1.54) is 6.07 Å². The third kappa shape index (κ3) is 4.10. The summed E-state index contributed by atoms with van der Waals surface area (Å²) in [5.41, 5.74) is 6.39. The van der Waals surface area contributed by atoms with Crippen LogP contribution in [-0.2, 0) is 21.6 Å². The van der Waals surface area contributed by atoms with Crippen molar-refractivity contribution in [3.8, 4) is 0 Å². The highest BCUT2D eigenvalue weighted by Gasteiger charge is 2.44. The molecule has 3 rings (SSSR count). The SMILES string of the molecule is N[C@@]1(c2ccc(F)cc2F)CO[C@@H](COCc2ccccc2)C[C@H]1CO. The van der Waals surface area contributed by atoms with Crippen molar-refractivity contribution in [2.24, 2.45) is 11.7 Å². The van der Waals surface area contributed by atoms with Crippen molar-refractivity contribution in [2.75, 3.05) is 19.8 Å². The quantitative estimate of drug-likeness (QED) is 0.828. The molecule has 4 nitrogen and oxygen atoms in total. The van der Waals surface area contributed by atoms with Crippen LogP contribution < -0.4 is 5.73 Å². The fourth-order valence-corrected chi connectivity index (χ4v) is 3.37. The van der Waals surface area contributed by atoms with Gasteiger partial charge in [-0.15, -0.1) is 0 Å². The number of hydrogen-bond donors (Lipinski definition) is 2. The Bertz CT molecular complexity index is 728. The molecule has 6 heteroatoms. The summed E-state index contributed by atoms with van der Waals surface area (Å²) in [5, 5.41) is 9.78. The van der Waals surface area contributed by atoms with Crippen molar-refractivity contribution in [3.05, 3.63) is 71.3 Å². The van der Waals surface area contributed by atoms with Crippen LogP contribution in [0.2, 0.25) is 0 Å². The molecule has 140 valence electrons. The van der Waals surface area contributed by atoms with Gasteiger partial charge in [0.15, 0.2) is 0 Å². The van der Waals surface area contributed by atoms with Crippen LogP contribution in [0.3, 0.4) is 0 Å². The Hall–Kier alpha value is -1.86. The monoisotopic (exact) mass is 363 g/mol. The molecular weight excluding hydrogens is 340 g/mol. The lowest BCUT2D eigenvalue weighted by molar-refractivity contribution is -0.106. The Morgan fingerprint density at radius 1 is 1.19 bits per heavy atom. The summed E-state index contributed by atoms with van der Waals surface area (Å²) in [6.07, 6.45) is 0.189. The summed E-state index contributed by atoms with van der Waals surface area (Å²) < 4.78 is 38.9. The third-order valence-electron chi connectivity index (χ3n) is 4.90. The van der Waals surface area contributed by atoms with E-state index >= 15 is 0 Å². The second-order valence-electron chi connectivity index (χ2n) is 6.71. The highest BCUT2D eigenvalue weighted by molar-refractivity contribution is 5.28. The highest BCUT2D eigenvalue weighted by Crippen LogP contribution is 2.37. The molecular formula is C20H23F2NO3. The summed E-state index contributed by atoms with van der Waals surface area (Å²) in [7, 11) is 0. The Labute approximate surface area is 151 Å². The van der Waals surface area contributed by atoms with E-state index in [2.05, 4.69) is 0 Å². The average Bonchev–Trinajstić information content (AvgIpc) is 2.64. The molecule has 1 aliphatic heterocycles. The first-order valence-corrected chi connectivity index (χ1v) is 8.61. The minimum absolute atomic E-state index is 0.0279. The van der Waals surface area contributed by atoms with Gasteiger partial charge >= 0.3 is 0 Å². The molecule has 0 saturated carbocycles. The summed E-state index contributed by atoms with van der Waals surface area (Å²) in [6, 6.07) is 13.1. The Kier molecular flexibility index (Phi) is 5.98. The maximum absolute atomic E-state index is 14.2. The van der Waals surface area contributed by atoms with Crippen molar-refractivity contribution in [1.82, 2.24) is 0 Å². The summed E-state index contributed by atoms with van der Waals surface area (Å²) in [5.74, 6) is -1.81. The highest BCUT2D eigenvalue weighted by atomic mass is 19.1. The van der Waals surface area contributed by atoms with Gasteiger partial charge in [-0.2, -0.15) is 0 Å². The second-order valence-corrected chi connectivity index (χ2v) is 6.71. The lowest BCUT2D eigenvalue weighted by Gasteiger charge is -2.43. The van der Waals surface area contributed by atoms with Gasteiger partial charge in [-0.3, -0.25) is 0 Å². The zero-order valence-electron chi connectivity index (χ0n) is 14.4. The van der Waals surface area contributed by atoms with Gasteiger partial charge in [-0.05, 0) is 18.1 Å². The van der Waals surface area contributed by atoms with Crippen molar-refractivity contribution in [2.45, 2.75) is 24.7 Å². The third-order valence-corrected chi connectivity index (χ3v) is 4.90. The predicted octanol–water partition coefficient (Wildman–Crippen LogP) is 2.73. The van der Waals surface area contributed by atoms with Crippen molar-refractivity contribution in [3.63, 3.8) is 0 Å². The van der Waals surface area contributed by atoms with Gasteiger partial charge in [0.25, 0.3) is 0 Å². The minimum atomic E-state index is -1.21. The van der Waals surface area contributed by atoms with E-state index in [1.807, 2.05) is 30.3 Å². The van der Waals surface area contributed by atoms with Gasteiger partial charge in [0.1, 0.15) is 11.6 Å². The van der Waals surface area contributed by atoms with Crippen molar-refractivity contribution in [1.29, 1.82) is 0 Å². The first kappa shape index (κ1) is 18.9. The number of aliphatic hydroxyl groups excluding tert-OH is 1. The molecule has 0 aliphatic carbocycles. The summed E-state index contributed by atoms with van der Waals surface area (Å²) in [6.45, 7) is 0.629. The zero-order chi connectivity index (χ0) is 18.6. The molecule has 1 aliphatic rings. The maximum atomic E-state index is 14.2. The number of nitrogens with two attached hydrogens (primary N) is 1. The van der Waals surface area contributed by atoms with Gasteiger partial charge in [0.2, 0.25) is 0 Å². The zero-order valence-corrected chi connectivity index (χ0v) is 14.4. The fourth-order valence-electron chi connectivity index (χ4n) is 3.37. The van der Waals surface area contributed by atoms with E-state index in [0.29, 0.717) is 19.6 Å². The predicted molar refractivity (Wildman–Crippen MR) is 93.3 cm³/mol. The molecule has 0 spiro atoms. The number of ether oxygens (including phenoxy) is 2. The Morgan fingerprint density at radius 3 is 2.65 bits per heavy atom. The van der Waals surface area contributed by atoms with Crippen LogP contribution in [0.4, 0.5) is 8.78 Å². The standard InChI is InChI=1S/C20H23F2NO3/c21-16-6-7-18(19(22)9-16)20(23)13-26-17(8-15(20)10-24)12-25-11-14-4-2-1-3-5-14/h1-7,9,15,17,24H,8,10-13,23H2/t15-,17+,20-/m0/s1. The second kappa shape index (κ2) is 8.22. The van der Waals surface area contributed by atoms with Gasteiger partial charge in [0, 0.05) is 24.2 Å². The first-order chi connectivity index (χ1) is 12.5. The van der Waals surface area contributed by atoms with Crippen LogP contribution in [0.15, 0.2) is 48.5 Å². The average molecular weight is 363 g/mol. The van der Waals surface area contributed by atoms with Crippen LogP contribution in [0, 0.1) is 17.6 Å².